The highest BCUT2D eigenvalue weighted by molar-refractivity contribution is 8.13. The van der Waals surface area contributed by atoms with Crippen molar-refractivity contribution in [1.29, 1.82) is 0 Å². The van der Waals surface area contributed by atoms with Crippen LogP contribution in [0.15, 0.2) is 30.3 Å². The van der Waals surface area contributed by atoms with Crippen LogP contribution in [0.2, 0.25) is 0 Å². The van der Waals surface area contributed by atoms with Crippen LogP contribution in [0.3, 0.4) is 0 Å². The molecule has 0 bridgehead atoms. The zero-order chi connectivity index (χ0) is 15.0. The van der Waals surface area contributed by atoms with Gasteiger partial charge in [0.1, 0.15) is 5.72 Å². The lowest BCUT2D eigenvalue weighted by Gasteiger charge is -2.37. The fraction of sp³-hybridized carbons (Fsp3) is 0.562. The quantitative estimate of drug-likeness (QED) is 0.807. The van der Waals surface area contributed by atoms with E-state index in [2.05, 4.69) is 19.1 Å². The summed E-state index contributed by atoms with van der Waals surface area (Å²) in [6.07, 6.45) is 0. The van der Waals surface area contributed by atoms with Crippen molar-refractivity contribution in [3.63, 3.8) is 0 Å². The van der Waals surface area contributed by atoms with E-state index in [9.17, 15) is 4.79 Å². The summed E-state index contributed by atoms with van der Waals surface area (Å²) in [7, 11) is 0. The van der Waals surface area contributed by atoms with Crippen LogP contribution in [-0.4, -0.2) is 28.0 Å². The van der Waals surface area contributed by atoms with Gasteiger partial charge in [-0.05, 0) is 40.2 Å². The van der Waals surface area contributed by atoms with Crippen molar-refractivity contribution in [1.82, 2.24) is 4.90 Å². The number of benzene rings is 1. The number of thioether (sulfide) groups is 1. The van der Waals surface area contributed by atoms with E-state index in [1.165, 1.54) is 17.3 Å². The number of carbonyl (C=O) groups excluding carboxylic acids is 1. The number of amides is 1. The topological polar surface area (TPSA) is 29.5 Å². The summed E-state index contributed by atoms with van der Waals surface area (Å²) in [4.78, 5) is 14.5. The van der Waals surface area contributed by atoms with Gasteiger partial charge in [-0.15, -0.1) is 0 Å². The Hall–Kier alpha value is -1.00. The van der Waals surface area contributed by atoms with Crippen molar-refractivity contribution in [3.05, 3.63) is 35.9 Å². The van der Waals surface area contributed by atoms with E-state index in [4.69, 9.17) is 4.74 Å². The molecule has 3 nitrogen and oxygen atoms in total. The molecule has 1 aliphatic rings. The average molecular weight is 293 g/mol. The fourth-order valence-electron chi connectivity index (χ4n) is 2.67. The highest BCUT2D eigenvalue weighted by atomic mass is 32.2. The van der Waals surface area contributed by atoms with Crippen molar-refractivity contribution in [3.8, 4) is 0 Å². The minimum absolute atomic E-state index is 0.0776. The summed E-state index contributed by atoms with van der Waals surface area (Å²) >= 11 is 1.36. The van der Waals surface area contributed by atoms with Crippen LogP contribution >= 0.6 is 11.8 Å². The Morgan fingerprint density at radius 3 is 2.35 bits per heavy atom. The molecular formula is C16H23NO2S. The van der Waals surface area contributed by atoms with Gasteiger partial charge in [-0.25, -0.2) is 0 Å². The maximum absolute atomic E-state index is 12.7. The molecule has 110 valence electrons. The Kier molecular flexibility index (Phi) is 4.17. The number of hydrogen-bond acceptors (Lipinski definition) is 3. The van der Waals surface area contributed by atoms with E-state index in [0.29, 0.717) is 6.61 Å². The van der Waals surface area contributed by atoms with Gasteiger partial charge in [0.05, 0.1) is 12.1 Å². The molecule has 0 aromatic heterocycles. The molecule has 2 rings (SSSR count). The molecule has 1 atom stereocenters. The molecule has 1 aliphatic heterocycles. The number of hydrogen-bond donors (Lipinski definition) is 0. The minimum Gasteiger partial charge on any atom is -0.354 e. The van der Waals surface area contributed by atoms with Crippen LogP contribution in [0, 0.1) is 0 Å². The molecule has 1 aromatic carbocycles. The standard InChI is InChI=1S/C16H23NO2S/c1-12(13-9-7-6-8-10-13)20-14(18)17-15(2,3)11-19-16(17,4)5/h6-10,12H,11H2,1-5H3/t12-/m0/s1. The van der Waals surface area contributed by atoms with E-state index < -0.39 is 5.72 Å². The first kappa shape index (κ1) is 15.4. The summed E-state index contributed by atoms with van der Waals surface area (Å²) in [5.41, 5.74) is 0.370. The Bertz CT molecular complexity index is 469. The van der Waals surface area contributed by atoms with E-state index in [0.717, 1.165) is 0 Å². The van der Waals surface area contributed by atoms with Crippen LogP contribution in [-0.2, 0) is 4.74 Å². The highest BCUT2D eigenvalue weighted by Gasteiger charge is 2.48. The summed E-state index contributed by atoms with van der Waals surface area (Å²) in [5, 5.41) is 0.213. The van der Waals surface area contributed by atoms with Crippen LogP contribution in [0.1, 0.15) is 45.4 Å². The van der Waals surface area contributed by atoms with Gasteiger partial charge in [0.2, 0.25) is 0 Å². The Balaban J connectivity index is 2.12. The predicted octanol–water partition coefficient (Wildman–Crippen LogP) is 4.45. The summed E-state index contributed by atoms with van der Waals surface area (Å²) in [6, 6.07) is 10.1. The van der Waals surface area contributed by atoms with Gasteiger partial charge < -0.3 is 4.74 Å². The van der Waals surface area contributed by atoms with Gasteiger partial charge >= 0.3 is 0 Å². The lowest BCUT2D eigenvalue weighted by molar-refractivity contribution is -0.0298. The summed E-state index contributed by atoms with van der Waals surface area (Å²) < 4.78 is 5.77. The first-order valence-corrected chi connectivity index (χ1v) is 7.82. The second-order valence-electron chi connectivity index (χ2n) is 6.32. The SMILES string of the molecule is C[C@H](SC(=O)N1C(C)(C)COC1(C)C)c1ccccc1. The maximum Gasteiger partial charge on any atom is 0.284 e. The summed E-state index contributed by atoms with van der Waals surface area (Å²) in [6.45, 7) is 10.6. The monoisotopic (exact) mass is 293 g/mol. The zero-order valence-corrected chi connectivity index (χ0v) is 13.7. The second-order valence-corrected chi connectivity index (χ2v) is 7.61. The van der Waals surface area contributed by atoms with E-state index in [-0.39, 0.29) is 16.0 Å². The molecule has 20 heavy (non-hydrogen) atoms. The molecule has 1 aromatic rings. The number of carbonyl (C=O) groups is 1. The predicted molar refractivity (Wildman–Crippen MR) is 83.8 cm³/mol. The molecule has 1 saturated heterocycles. The zero-order valence-electron chi connectivity index (χ0n) is 12.8. The first-order valence-electron chi connectivity index (χ1n) is 6.94. The molecule has 1 heterocycles. The molecule has 1 amide bonds. The molecule has 0 spiro atoms. The van der Waals surface area contributed by atoms with Gasteiger partial charge in [0, 0.05) is 5.25 Å². The fourth-order valence-corrected chi connectivity index (χ4v) is 3.84. The molecule has 0 saturated carbocycles. The molecule has 4 heteroatoms. The third-order valence-electron chi connectivity index (χ3n) is 3.65. The van der Waals surface area contributed by atoms with Gasteiger partial charge in [-0.3, -0.25) is 9.69 Å². The van der Waals surface area contributed by atoms with Crippen LogP contribution < -0.4 is 0 Å². The minimum atomic E-state index is -0.538. The van der Waals surface area contributed by atoms with Gasteiger partial charge in [0.25, 0.3) is 5.24 Å². The van der Waals surface area contributed by atoms with Gasteiger partial charge in [0.15, 0.2) is 0 Å². The van der Waals surface area contributed by atoms with Crippen LogP contribution in [0.5, 0.6) is 0 Å². The smallest absolute Gasteiger partial charge is 0.284 e. The van der Waals surface area contributed by atoms with Crippen molar-refractivity contribution in [2.24, 2.45) is 0 Å². The molecule has 0 aliphatic carbocycles. The molecule has 0 N–H and O–H groups in total. The third-order valence-corrected chi connectivity index (χ3v) is 4.66. The Morgan fingerprint density at radius 2 is 1.85 bits per heavy atom. The van der Waals surface area contributed by atoms with E-state index >= 15 is 0 Å². The lowest BCUT2D eigenvalue weighted by Crippen LogP contribution is -2.51. The highest BCUT2D eigenvalue weighted by Crippen LogP contribution is 2.40. The van der Waals surface area contributed by atoms with E-state index in [1.54, 1.807) is 0 Å². The van der Waals surface area contributed by atoms with Gasteiger partial charge in [-0.2, -0.15) is 0 Å². The first-order chi connectivity index (χ1) is 9.24. The Morgan fingerprint density at radius 1 is 1.25 bits per heavy atom. The third kappa shape index (κ3) is 3.01. The van der Waals surface area contributed by atoms with Crippen LogP contribution in [0.4, 0.5) is 4.79 Å². The van der Waals surface area contributed by atoms with Crippen molar-refractivity contribution >= 4 is 17.0 Å². The van der Waals surface area contributed by atoms with Crippen molar-refractivity contribution < 1.29 is 9.53 Å². The summed E-state index contributed by atoms with van der Waals surface area (Å²) in [5.74, 6) is 0. The van der Waals surface area contributed by atoms with E-state index in [1.807, 2.05) is 50.8 Å². The van der Waals surface area contributed by atoms with Crippen molar-refractivity contribution in [2.45, 2.75) is 51.1 Å². The normalized spacial score (nSPS) is 21.8. The second kappa shape index (κ2) is 5.41. The van der Waals surface area contributed by atoms with Crippen LogP contribution in [0.25, 0.3) is 0 Å². The van der Waals surface area contributed by atoms with Crippen molar-refractivity contribution in [2.75, 3.05) is 6.61 Å². The maximum atomic E-state index is 12.7. The lowest BCUT2D eigenvalue weighted by atomic mass is 10.1. The average Bonchev–Trinajstić information content (AvgIpc) is 2.59. The molecule has 0 unspecified atom stereocenters. The number of rotatable bonds is 2. The number of nitrogens with zero attached hydrogens (tertiary/aromatic N) is 1. The molecule has 1 fully saturated rings. The largest absolute Gasteiger partial charge is 0.354 e. The number of ether oxygens (including phenoxy) is 1. The Labute approximate surface area is 125 Å². The van der Waals surface area contributed by atoms with Gasteiger partial charge in [-0.1, -0.05) is 42.1 Å². The molecule has 0 radical (unpaired) electrons. The molecular weight excluding hydrogens is 270 g/mol.